The highest BCUT2D eigenvalue weighted by molar-refractivity contribution is 7.91. The fourth-order valence-corrected chi connectivity index (χ4v) is 4.58. The van der Waals surface area contributed by atoms with Gasteiger partial charge in [0.2, 0.25) is 5.91 Å². The third-order valence-corrected chi connectivity index (χ3v) is 6.62. The molecule has 0 saturated carbocycles. The van der Waals surface area contributed by atoms with E-state index in [4.69, 9.17) is 0 Å². The maximum atomic E-state index is 12.3. The van der Waals surface area contributed by atoms with Gasteiger partial charge in [-0.3, -0.25) is 9.69 Å². The first-order chi connectivity index (χ1) is 13.0. The molecule has 6 heteroatoms. The number of nitrogens with zero attached hydrogens (tertiary/aromatic N) is 1. The number of benzene rings is 2. The van der Waals surface area contributed by atoms with E-state index in [0.29, 0.717) is 6.54 Å². The van der Waals surface area contributed by atoms with E-state index in [9.17, 15) is 13.2 Å². The Kier molecular flexibility index (Phi) is 6.63. The molecule has 1 saturated heterocycles. The van der Waals surface area contributed by atoms with Gasteiger partial charge in [-0.15, -0.1) is 0 Å². The lowest BCUT2D eigenvalue weighted by Crippen LogP contribution is -2.26. The smallest absolute Gasteiger partial charge is 0.221 e. The number of carbonyl (C=O) groups excluding carboxylic acids is 1. The maximum absolute atomic E-state index is 12.3. The van der Waals surface area contributed by atoms with Crippen LogP contribution < -0.4 is 5.32 Å². The number of sulfone groups is 1. The zero-order valence-electron chi connectivity index (χ0n) is 15.4. The zero-order chi connectivity index (χ0) is 19.1. The summed E-state index contributed by atoms with van der Waals surface area (Å²) in [7, 11) is -3.43. The lowest BCUT2D eigenvalue weighted by molar-refractivity contribution is -0.120. The molecule has 0 unspecified atom stereocenters. The Labute approximate surface area is 161 Å². The van der Waals surface area contributed by atoms with E-state index >= 15 is 0 Å². The number of hydrogen-bond donors (Lipinski definition) is 1. The molecule has 0 radical (unpaired) electrons. The fraction of sp³-hybridized carbons (Fsp3) is 0.381. The molecule has 3 rings (SSSR count). The second kappa shape index (κ2) is 9.15. The predicted octanol–water partition coefficient (Wildman–Crippen LogP) is 2.76. The van der Waals surface area contributed by atoms with Crippen molar-refractivity contribution in [3.05, 3.63) is 65.7 Å². The molecule has 27 heavy (non-hydrogen) atoms. The van der Waals surface area contributed by atoms with E-state index in [1.54, 1.807) is 30.3 Å². The van der Waals surface area contributed by atoms with E-state index < -0.39 is 9.84 Å². The van der Waals surface area contributed by atoms with Crippen molar-refractivity contribution < 1.29 is 13.2 Å². The van der Waals surface area contributed by atoms with Crippen LogP contribution in [0.5, 0.6) is 0 Å². The van der Waals surface area contributed by atoms with E-state index in [-0.39, 0.29) is 23.0 Å². The minimum Gasteiger partial charge on any atom is -0.352 e. The summed E-state index contributed by atoms with van der Waals surface area (Å²) in [6, 6.07) is 16.4. The first-order valence-corrected chi connectivity index (χ1v) is 11.0. The van der Waals surface area contributed by atoms with Crippen molar-refractivity contribution >= 4 is 15.7 Å². The van der Waals surface area contributed by atoms with Gasteiger partial charge in [-0.2, -0.15) is 0 Å². The molecule has 0 bridgehead atoms. The number of likely N-dealkylation sites (tertiary alicyclic amines) is 1. The quantitative estimate of drug-likeness (QED) is 0.758. The van der Waals surface area contributed by atoms with Gasteiger partial charge >= 0.3 is 0 Å². The van der Waals surface area contributed by atoms with Gasteiger partial charge in [-0.1, -0.05) is 42.5 Å². The van der Waals surface area contributed by atoms with E-state index in [1.807, 2.05) is 18.2 Å². The maximum Gasteiger partial charge on any atom is 0.221 e. The largest absolute Gasteiger partial charge is 0.352 e. The summed E-state index contributed by atoms with van der Waals surface area (Å²) in [5.74, 6) is -0.427. The van der Waals surface area contributed by atoms with Crippen molar-refractivity contribution in [2.24, 2.45) is 0 Å². The van der Waals surface area contributed by atoms with Crippen molar-refractivity contribution in [1.82, 2.24) is 10.2 Å². The number of amides is 1. The van der Waals surface area contributed by atoms with Crippen LogP contribution >= 0.6 is 0 Å². The number of rotatable bonds is 8. The van der Waals surface area contributed by atoms with Crippen LogP contribution in [0.2, 0.25) is 0 Å². The van der Waals surface area contributed by atoms with Gasteiger partial charge < -0.3 is 5.32 Å². The molecule has 1 aliphatic heterocycles. The van der Waals surface area contributed by atoms with Crippen molar-refractivity contribution in [2.75, 3.05) is 18.8 Å². The highest BCUT2D eigenvalue weighted by atomic mass is 32.2. The summed E-state index contributed by atoms with van der Waals surface area (Å²) in [4.78, 5) is 14.8. The van der Waals surface area contributed by atoms with E-state index in [0.717, 1.165) is 25.2 Å². The SMILES string of the molecule is O=C(CCS(=O)(=O)c1ccccc1)NCc1ccccc1CN1CCCC1. The van der Waals surface area contributed by atoms with Crippen LogP contribution in [0.25, 0.3) is 0 Å². The van der Waals surface area contributed by atoms with Crippen molar-refractivity contribution in [2.45, 2.75) is 37.2 Å². The summed E-state index contributed by atoms with van der Waals surface area (Å²) in [6.45, 7) is 3.57. The van der Waals surface area contributed by atoms with Gasteiger partial charge in [-0.25, -0.2) is 8.42 Å². The van der Waals surface area contributed by atoms with Crippen LogP contribution in [0.15, 0.2) is 59.5 Å². The van der Waals surface area contributed by atoms with Gasteiger partial charge in [0, 0.05) is 19.5 Å². The molecule has 0 spiro atoms. The summed E-state index contributed by atoms with van der Waals surface area (Å²) in [6.07, 6.45) is 2.45. The average Bonchev–Trinajstić information content (AvgIpc) is 3.19. The lowest BCUT2D eigenvalue weighted by Gasteiger charge is -2.17. The van der Waals surface area contributed by atoms with Crippen molar-refractivity contribution in [3.8, 4) is 0 Å². The Hall–Kier alpha value is -2.18. The Morgan fingerprint density at radius 2 is 1.56 bits per heavy atom. The number of hydrogen-bond acceptors (Lipinski definition) is 4. The molecule has 144 valence electrons. The van der Waals surface area contributed by atoms with Crippen LogP contribution in [0.4, 0.5) is 0 Å². The van der Waals surface area contributed by atoms with Crippen LogP contribution in [-0.4, -0.2) is 38.1 Å². The van der Waals surface area contributed by atoms with E-state index in [2.05, 4.69) is 16.3 Å². The minimum atomic E-state index is -3.43. The third-order valence-electron chi connectivity index (χ3n) is 4.89. The van der Waals surface area contributed by atoms with Crippen LogP contribution in [-0.2, 0) is 27.7 Å². The molecule has 1 aliphatic rings. The minimum absolute atomic E-state index is 0.0362. The first-order valence-electron chi connectivity index (χ1n) is 9.38. The molecule has 1 amide bonds. The molecule has 0 aromatic heterocycles. The van der Waals surface area contributed by atoms with E-state index in [1.165, 1.54) is 18.4 Å². The number of nitrogens with one attached hydrogen (secondary N) is 1. The molecule has 5 nitrogen and oxygen atoms in total. The average molecular weight is 387 g/mol. The fourth-order valence-electron chi connectivity index (χ4n) is 3.32. The van der Waals surface area contributed by atoms with Crippen LogP contribution in [0.1, 0.15) is 30.4 Å². The molecule has 0 aliphatic carbocycles. The molecule has 0 atom stereocenters. The Balaban J connectivity index is 1.52. The number of carbonyl (C=O) groups is 1. The summed E-state index contributed by atoms with van der Waals surface area (Å²) < 4.78 is 24.5. The Morgan fingerprint density at radius 3 is 2.26 bits per heavy atom. The summed E-state index contributed by atoms with van der Waals surface area (Å²) >= 11 is 0. The second-order valence-electron chi connectivity index (χ2n) is 6.91. The van der Waals surface area contributed by atoms with Gasteiger partial charge in [0.25, 0.3) is 0 Å². The highest BCUT2D eigenvalue weighted by Crippen LogP contribution is 2.16. The molecule has 2 aromatic carbocycles. The molecule has 1 fully saturated rings. The van der Waals surface area contributed by atoms with Gasteiger partial charge in [0.05, 0.1) is 10.6 Å². The molecular formula is C21H26N2O3S. The summed E-state index contributed by atoms with van der Waals surface area (Å²) in [5, 5.41) is 2.87. The highest BCUT2D eigenvalue weighted by Gasteiger charge is 2.17. The predicted molar refractivity (Wildman–Crippen MR) is 106 cm³/mol. The Bertz CT molecular complexity index is 860. The third kappa shape index (κ3) is 5.65. The topological polar surface area (TPSA) is 66.5 Å². The van der Waals surface area contributed by atoms with Gasteiger partial charge in [-0.05, 0) is 49.2 Å². The van der Waals surface area contributed by atoms with Gasteiger partial charge in [0.15, 0.2) is 9.84 Å². The van der Waals surface area contributed by atoms with Gasteiger partial charge in [0.1, 0.15) is 0 Å². The molecule has 1 N–H and O–H groups in total. The normalized spacial score (nSPS) is 15.0. The molecule has 1 heterocycles. The molecule has 2 aromatic rings. The molecular weight excluding hydrogens is 360 g/mol. The second-order valence-corrected chi connectivity index (χ2v) is 9.02. The zero-order valence-corrected chi connectivity index (χ0v) is 16.2. The summed E-state index contributed by atoms with van der Waals surface area (Å²) in [5.41, 5.74) is 2.31. The monoisotopic (exact) mass is 386 g/mol. The first kappa shape index (κ1) is 19.6. The van der Waals surface area contributed by atoms with Crippen molar-refractivity contribution in [1.29, 1.82) is 0 Å². The standard InChI is InChI=1S/C21H26N2O3S/c24-21(12-15-27(25,26)20-10-2-1-3-11-20)22-16-18-8-4-5-9-19(18)17-23-13-6-7-14-23/h1-5,8-11H,6-7,12-17H2,(H,22,24). The van der Waals surface area contributed by atoms with Crippen molar-refractivity contribution in [3.63, 3.8) is 0 Å². The van der Waals surface area contributed by atoms with Crippen LogP contribution in [0, 0.1) is 0 Å². The Morgan fingerprint density at radius 1 is 0.926 bits per heavy atom. The van der Waals surface area contributed by atoms with Crippen LogP contribution in [0.3, 0.4) is 0 Å². The lowest BCUT2D eigenvalue weighted by atomic mass is 10.1.